The lowest BCUT2D eigenvalue weighted by Crippen LogP contribution is -2.51. The Kier molecular flexibility index (Phi) is 6.06. The number of carbonyl (C=O) groups is 2. The van der Waals surface area contributed by atoms with Crippen LogP contribution < -0.4 is 4.74 Å². The highest BCUT2D eigenvalue weighted by atomic mass is 19.1. The maximum atomic E-state index is 13.3. The molecule has 0 unspecified atom stereocenters. The van der Waals surface area contributed by atoms with E-state index in [0.29, 0.717) is 37.5 Å². The van der Waals surface area contributed by atoms with Crippen molar-refractivity contribution in [1.82, 2.24) is 9.80 Å². The predicted molar refractivity (Wildman–Crippen MR) is 100 cm³/mol. The molecule has 0 aromatic heterocycles. The van der Waals surface area contributed by atoms with E-state index >= 15 is 0 Å². The van der Waals surface area contributed by atoms with Gasteiger partial charge in [-0.15, -0.1) is 0 Å². The predicted octanol–water partition coefficient (Wildman–Crippen LogP) is 2.75. The van der Waals surface area contributed by atoms with Crippen molar-refractivity contribution in [3.63, 3.8) is 0 Å². The second kappa shape index (κ2) is 8.66. The first-order valence-corrected chi connectivity index (χ1v) is 9.11. The second-order valence-electron chi connectivity index (χ2n) is 6.47. The molecule has 6 heteroatoms. The molecule has 1 saturated heterocycles. The molecule has 1 heterocycles. The standard InChI is InChI=1S/C21H23FN2O3/c1-2-16-6-8-19(9-7-16)27-15-20(25)23-10-12-24(13-11-23)21(26)17-4-3-5-18(22)14-17/h3-9,14H,2,10-13,15H2,1H3. The summed E-state index contributed by atoms with van der Waals surface area (Å²) in [5.74, 6) is -0.0828. The van der Waals surface area contributed by atoms with E-state index in [9.17, 15) is 14.0 Å². The number of amides is 2. The molecule has 5 nitrogen and oxygen atoms in total. The summed E-state index contributed by atoms with van der Waals surface area (Å²) in [5, 5.41) is 0. The highest BCUT2D eigenvalue weighted by Crippen LogP contribution is 2.14. The average molecular weight is 370 g/mol. The van der Waals surface area contributed by atoms with Gasteiger partial charge in [0, 0.05) is 31.7 Å². The van der Waals surface area contributed by atoms with Gasteiger partial charge in [0.05, 0.1) is 0 Å². The van der Waals surface area contributed by atoms with Crippen molar-refractivity contribution in [2.24, 2.45) is 0 Å². The zero-order valence-electron chi connectivity index (χ0n) is 15.4. The zero-order chi connectivity index (χ0) is 19.2. The van der Waals surface area contributed by atoms with E-state index in [1.165, 1.54) is 23.8 Å². The summed E-state index contributed by atoms with van der Waals surface area (Å²) in [7, 11) is 0. The SMILES string of the molecule is CCc1ccc(OCC(=O)N2CCN(C(=O)c3cccc(F)c3)CC2)cc1. The summed E-state index contributed by atoms with van der Waals surface area (Å²) >= 11 is 0. The summed E-state index contributed by atoms with van der Waals surface area (Å²) in [6.07, 6.45) is 0.956. The number of hydrogen-bond donors (Lipinski definition) is 0. The monoisotopic (exact) mass is 370 g/mol. The Morgan fingerprint density at radius 1 is 1.00 bits per heavy atom. The lowest BCUT2D eigenvalue weighted by Gasteiger charge is -2.34. The number of nitrogens with zero attached hydrogens (tertiary/aromatic N) is 2. The van der Waals surface area contributed by atoms with Crippen molar-refractivity contribution in [2.75, 3.05) is 32.8 Å². The zero-order valence-corrected chi connectivity index (χ0v) is 15.4. The summed E-state index contributed by atoms with van der Waals surface area (Å²) in [5.41, 5.74) is 1.54. The van der Waals surface area contributed by atoms with Gasteiger partial charge in [-0.2, -0.15) is 0 Å². The number of carbonyl (C=O) groups excluding carboxylic acids is 2. The van der Waals surface area contributed by atoms with Crippen LogP contribution in [0.2, 0.25) is 0 Å². The molecule has 3 rings (SSSR count). The molecule has 1 fully saturated rings. The highest BCUT2D eigenvalue weighted by Gasteiger charge is 2.25. The number of aryl methyl sites for hydroxylation is 1. The van der Waals surface area contributed by atoms with E-state index in [2.05, 4.69) is 6.92 Å². The molecular weight excluding hydrogens is 347 g/mol. The minimum Gasteiger partial charge on any atom is -0.484 e. The van der Waals surface area contributed by atoms with Gasteiger partial charge in [0.2, 0.25) is 0 Å². The summed E-state index contributed by atoms with van der Waals surface area (Å²) in [6.45, 7) is 3.79. The molecule has 0 radical (unpaired) electrons. The van der Waals surface area contributed by atoms with Gasteiger partial charge in [0.1, 0.15) is 11.6 Å². The quantitative estimate of drug-likeness (QED) is 0.813. The van der Waals surface area contributed by atoms with Gasteiger partial charge in [0.25, 0.3) is 11.8 Å². The Morgan fingerprint density at radius 2 is 1.67 bits per heavy atom. The number of halogens is 1. The summed E-state index contributed by atoms with van der Waals surface area (Å²) in [4.78, 5) is 28.1. The van der Waals surface area contributed by atoms with Crippen LogP contribution in [0.3, 0.4) is 0 Å². The van der Waals surface area contributed by atoms with Gasteiger partial charge < -0.3 is 14.5 Å². The fourth-order valence-electron chi connectivity index (χ4n) is 3.02. The Balaban J connectivity index is 1.48. The first-order chi connectivity index (χ1) is 13.1. The van der Waals surface area contributed by atoms with Crippen LogP contribution in [0.25, 0.3) is 0 Å². The Bertz CT molecular complexity index is 799. The molecule has 0 bridgehead atoms. The molecule has 2 amide bonds. The van der Waals surface area contributed by atoms with Crippen LogP contribution in [0.15, 0.2) is 48.5 Å². The van der Waals surface area contributed by atoms with Crippen molar-refractivity contribution in [3.05, 3.63) is 65.5 Å². The first-order valence-electron chi connectivity index (χ1n) is 9.11. The third kappa shape index (κ3) is 4.84. The van der Waals surface area contributed by atoms with Crippen LogP contribution in [-0.4, -0.2) is 54.4 Å². The normalized spacial score (nSPS) is 14.1. The van der Waals surface area contributed by atoms with Gasteiger partial charge in [-0.05, 0) is 42.3 Å². The molecule has 1 aliphatic rings. The third-order valence-corrected chi connectivity index (χ3v) is 4.69. The Morgan fingerprint density at radius 3 is 2.30 bits per heavy atom. The van der Waals surface area contributed by atoms with Crippen LogP contribution in [0.1, 0.15) is 22.8 Å². The van der Waals surface area contributed by atoms with E-state index in [-0.39, 0.29) is 18.4 Å². The van der Waals surface area contributed by atoms with Crippen molar-refractivity contribution >= 4 is 11.8 Å². The van der Waals surface area contributed by atoms with E-state index in [4.69, 9.17) is 4.74 Å². The highest BCUT2D eigenvalue weighted by molar-refractivity contribution is 5.94. The maximum Gasteiger partial charge on any atom is 0.260 e. The molecule has 2 aromatic rings. The molecular formula is C21H23FN2O3. The van der Waals surface area contributed by atoms with Crippen molar-refractivity contribution in [2.45, 2.75) is 13.3 Å². The van der Waals surface area contributed by atoms with Gasteiger partial charge in [-0.1, -0.05) is 25.1 Å². The van der Waals surface area contributed by atoms with Gasteiger partial charge in [0.15, 0.2) is 6.61 Å². The molecule has 2 aromatic carbocycles. The summed E-state index contributed by atoms with van der Waals surface area (Å²) < 4.78 is 18.9. The molecule has 0 N–H and O–H groups in total. The van der Waals surface area contributed by atoms with Crippen LogP contribution in [-0.2, 0) is 11.2 Å². The minimum absolute atomic E-state index is 0.0245. The lowest BCUT2D eigenvalue weighted by molar-refractivity contribution is -0.134. The van der Waals surface area contributed by atoms with Crippen LogP contribution in [0, 0.1) is 5.82 Å². The van der Waals surface area contributed by atoms with E-state index in [1.54, 1.807) is 15.9 Å². The van der Waals surface area contributed by atoms with Gasteiger partial charge >= 0.3 is 0 Å². The fraction of sp³-hybridized carbons (Fsp3) is 0.333. The van der Waals surface area contributed by atoms with Crippen LogP contribution >= 0.6 is 0 Å². The molecule has 0 spiro atoms. The number of benzene rings is 2. The number of ether oxygens (including phenoxy) is 1. The maximum absolute atomic E-state index is 13.3. The van der Waals surface area contributed by atoms with Crippen LogP contribution in [0.5, 0.6) is 5.75 Å². The molecule has 0 aliphatic carbocycles. The van der Waals surface area contributed by atoms with Crippen molar-refractivity contribution in [3.8, 4) is 5.75 Å². The summed E-state index contributed by atoms with van der Waals surface area (Å²) in [6, 6.07) is 13.4. The molecule has 1 aliphatic heterocycles. The molecule has 0 atom stereocenters. The molecule has 0 saturated carbocycles. The largest absolute Gasteiger partial charge is 0.484 e. The average Bonchev–Trinajstić information content (AvgIpc) is 2.72. The van der Waals surface area contributed by atoms with Gasteiger partial charge in [-0.25, -0.2) is 4.39 Å². The Hall–Kier alpha value is -2.89. The van der Waals surface area contributed by atoms with E-state index in [1.807, 2.05) is 24.3 Å². The number of rotatable bonds is 5. The molecule has 142 valence electrons. The second-order valence-corrected chi connectivity index (χ2v) is 6.47. The topological polar surface area (TPSA) is 49.9 Å². The number of piperazine rings is 1. The lowest BCUT2D eigenvalue weighted by atomic mass is 10.1. The number of hydrogen-bond acceptors (Lipinski definition) is 3. The first kappa shape index (κ1) is 18.9. The van der Waals surface area contributed by atoms with Crippen molar-refractivity contribution in [1.29, 1.82) is 0 Å². The van der Waals surface area contributed by atoms with Crippen molar-refractivity contribution < 1.29 is 18.7 Å². The third-order valence-electron chi connectivity index (χ3n) is 4.69. The minimum atomic E-state index is -0.432. The van der Waals surface area contributed by atoms with E-state index in [0.717, 1.165) is 6.42 Å². The Labute approximate surface area is 158 Å². The fourth-order valence-corrected chi connectivity index (χ4v) is 3.02. The van der Waals surface area contributed by atoms with Gasteiger partial charge in [-0.3, -0.25) is 9.59 Å². The van der Waals surface area contributed by atoms with E-state index < -0.39 is 5.82 Å². The smallest absolute Gasteiger partial charge is 0.260 e. The molecule has 27 heavy (non-hydrogen) atoms. The van der Waals surface area contributed by atoms with Crippen LogP contribution in [0.4, 0.5) is 4.39 Å².